The van der Waals surface area contributed by atoms with Crippen LogP contribution in [0.1, 0.15) is 64.2 Å². The second-order valence-electron chi connectivity index (χ2n) is 10.3. The molecule has 0 fully saturated rings. The van der Waals surface area contributed by atoms with E-state index in [-0.39, 0.29) is 18.1 Å². The highest BCUT2D eigenvalue weighted by molar-refractivity contribution is 5.83. The first-order valence-corrected chi connectivity index (χ1v) is 12.9. The van der Waals surface area contributed by atoms with E-state index in [1.807, 2.05) is 43.3 Å². The Balaban J connectivity index is 1.39. The van der Waals surface area contributed by atoms with Gasteiger partial charge in [-0.3, -0.25) is 9.78 Å². The molecule has 0 saturated carbocycles. The summed E-state index contributed by atoms with van der Waals surface area (Å²) >= 11 is 0. The Morgan fingerprint density at radius 2 is 1.76 bits per heavy atom. The fraction of sp³-hybridized carbons (Fsp3) is 0.242. The van der Waals surface area contributed by atoms with Crippen LogP contribution in [0.15, 0.2) is 89.5 Å². The van der Waals surface area contributed by atoms with E-state index in [4.69, 9.17) is 9.40 Å². The zero-order chi connectivity index (χ0) is 26.9. The van der Waals surface area contributed by atoms with Gasteiger partial charge in [0.2, 0.25) is 0 Å². The van der Waals surface area contributed by atoms with Crippen molar-refractivity contribution in [3.8, 4) is 0 Å². The second-order valence-corrected chi connectivity index (χ2v) is 10.3. The number of aliphatic hydroxyl groups is 1. The predicted molar refractivity (Wildman–Crippen MR) is 149 cm³/mol. The maximum absolute atomic E-state index is 13.4. The Bertz CT molecular complexity index is 1600. The first-order valence-electron chi connectivity index (χ1n) is 12.9. The summed E-state index contributed by atoms with van der Waals surface area (Å²) in [6.45, 7) is 7.77. The molecule has 0 amide bonds. The van der Waals surface area contributed by atoms with Gasteiger partial charge in [-0.2, -0.15) is 0 Å². The quantitative estimate of drug-likeness (QED) is 0.253. The lowest BCUT2D eigenvalue weighted by Crippen LogP contribution is -2.22. The summed E-state index contributed by atoms with van der Waals surface area (Å²) < 4.78 is 5.97. The third kappa shape index (κ3) is 5.29. The molecular weight excluding hydrogens is 472 g/mol. The number of hydrogen-bond acceptors (Lipinski definition) is 5. The van der Waals surface area contributed by atoms with Gasteiger partial charge in [-0.05, 0) is 74.2 Å². The molecular formula is C33H32N2O3. The minimum Gasteiger partial charge on any atom is -0.456 e. The number of ketones is 1. The van der Waals surface area contributed by atoms with Crippen LogP contribution in [0.25, 0.3) is 11.1 Å². The van der Waals surface area contributed by atoms with Crippen molar-refractivity contribution < 1.29 is 14.3 Å². The molecule has 0 bridgehead atoms. The molecule has 0 radical (unpaired) electrons. The number of carbonyl (C=O) groups excluding carboxylic acids is 1. The number of furan rings is 1. The summed E-state index contributed by atoms with van der Waals surface area (Å²) in [4.78, 5) is 22.3. The van der Waals surface area contributed by atoms with E-state index >= 15 is 0 Å². The number of rotatable bonds is 8. The molecule has 3 aromatic heterocycles. The number of fused-ring (bicyclic) bond motifs is 1. The van der Waals surface area contributed by atoms with Gasteiger partial charge in [0.1, 0.15) is 22.7 Å². The molecule has 5 rings (SSSR count). The summed E-state index contributed by atoms with van der Waals surface area (Å²) in [5.74, 6) is 0.495. The zero-order valence-electron chi connectivity index (χ0n) is 22.2. The van der Waals surface area contributed by atoms with Gasteiger partial charge >= 0.3 is 0 Å². The standard InChI is InChI=1S/C33H32N2O3/c1-21-10-12-28(22(2)16-21)29(24-8-6-5-7-9-24)19-27(36)18-26-11-13-31-30(35-26)20-32(38-31)33(4,37)25-14-15-34-23(3)17-25/h5-17,20,29,37H,18-19H2,1-4H3/t29-,33?/m0/s1. The predicted octanol–water partition coefficient (Wildman–Crippen LogP) is 6.74. The van der Waals surface area contributed by atoms with Gasteiger partial charge in [-0.15, -0.1) is 0 Å². The largest absolute Gasteiger partial charge is 0.456 e. The summed E-state index contributed by atoms with van der Waals surface area (Å²) in [5, 5.41) is 11.2. The lowest BCUT2D eigenvalue weighted by Gasteiger charge is -2.21. The molecule has 3 heterocycles. The Morgan fingerprint density at radius 1 is 0.974 bits per heavy atom. The molecule has 0 spiro atoms. The molecule has 0 aliphatic heterocycles. The Labute approximate surface area is 223 Å². The number of pyridine rings is 2. The zero-order valence-corrected chi connectivity index (χ0v) is 22.2. The lowest BCUT2D eigenvalue weighted by molar-refractivity contribution is -0.118. The van der Waals surface area contributed by atoms with Crippen molar-refractivity contribution in [2.75, 3.05) is 0 Å². The lowest BCUT2D eigenvalue weighted by atomic mass is 9.84. The molecule has 1 N–H and O–H groups in total. The fourth-order valence-corrected chi connectivity index (χ4v) is 5.11. The number of hydrogen-bond donors (Lipinski definition) is 1. The topological polar surface area (TPSA) is 76.2 Å². The van der Waals surface area contributed by atoms with Crippen molar-refractivity contribution in [1.82, 2.24) is 9.97 Å². The Morgan fingerprint density at radius 3 is 2.50 bits per heavy atom. The van der Waals surface area contributed by atoms with Gasteiger partial charge < -0.3 is 9.52 Å². The molecule has 2 atom stereocenters. The van der Waals surface area contributed by atoms with Crippen LogP contribution in [-0.4, -0.2) is 20.9 Å². The number of benzene rings is 2. The molecule has 5 heteroatoms. The van der Waals surface area contributed by atoms with E-state index < -0.39 is 5.60 Å². The summed E-state index contributed by atoms with van der Waals surface area (Å²) in [6.07, 6.45) is 2.29. The Kier molecular flexibility index (Phi) is 6.96. The number of aromatic nitrogens is 2. The molecule has 5 nitrogen and oxygen atoms in total. The van der Waals surface area contributed by atoms with E-state index in [2.05, 4.69) is 49.2 Å². The average Bonchev–Trinajstić information content (AvgIpc) is 3.33. The van der Waals surface area contributed by atoms with Crippen molar-refractivity contribution in [2.24, 2.45) is 0 Å². The van der Waals surface area contributed by atoms with Gasteiger partial charge in [0.15, 0.2) is 5.58 Å². The van der Waals surface area contributed by atoms with Crippen LogP contribution in [0, 0.1) is 20.8 Å². The highest BCUT2D eigenvalue weighted by Crippen LogP contribution is 2.34. The minimum atomic E-state index is -1.33. The molecule has 192 valence electrons. The molecule has 2 aromatic carbocycles. The van der Waals surface area contributed by atoms with Crippen molar-refractivity contribution in [3.63, 3.8) is 0 Å². The molecule has 0 aliphatic rings. The van der Waals surface area contributed by atoms with Gasteiger partial charge in [0.25, 0.3) is 0 Å². The first-order chi connectivity index (χ1) is 18.2. The normalized spacial score (nSPS) is 13.8. The van der Waals surface area contributed by atoms with Crippen molar-refractivity contribution >= 4 is 16.9 Å². The fourth-order valence-electron chi connectivity index (χ4n) is 5.11. The van der Waals surface area contributed by atoms with E-state index in [1.54, 1.807) is 25.3 Å². The smallest absolute Gasteiger partial charge is 0.152 e. The summed E-state index contributed by atoms with van der Waals surface area (Å²) in [7, 11) is 0. The van der Waals surface area contributed by atoms with Crippen molar-refractivity contribution in [2.45, 2.75) is 52.1 Å². The maximum Gasteiger partial charge on any atom is 0.152 e. The average molecular weight is 505 g/mol. The first kappa shape index (κ1) is 25.6. The molecule has 5 aromatic rings. The minimum absolute atomic E-state index is 0.0209. The summed E-state index contributed by atoms with van der Waals surface area (Å²) in [6, 6.07) is 25.6. The van der Waals surface area contributed by atoms with Gasteiger partial charge in [0, 0.05) is 42.4 Å². The SMILES string of the molecule is Cc1ccc([C@@H](CC(=O)Cc2ccc3oc(C(C)(O)c4ccnc(C)c4)cc3n2)c2ccccc2)c(C)c1. The number of carbonyl (C=O) groups is 1. The molecule has 0 aliphatic carbocycles. The molecule has 0 saturated heterocycles. The summed E-state index contributed by atoms with van der Waals surface area (Å²) in [5.41, 5.74) is 6.74. The number of Topliss-reactive ketones (excluding diaryl/α,β-unsaturated/α-hetero) is 1. The molecule has 1 unspecified atom stereocenters. The van der Waals surface area contributed by atoms with Gasteiger partial charge in [-0.25, -0.2) is 4.98 Å². The van der Waals surface area contributed by atoms with Crippen molar-refractivity contribution in [1.29, 1.82) is 0 Å². The third-order valence-corrected chi connectivity index (χ3v) is 7.18. The van der Waals surface area contributed by atoms with E-state index in [0.717, 1.165) is 11.3 Å². The second kappa shape index (κ2) is 10.3. The van der Waals surface area contributed by atoms with Crippen LogP contribution in [0.5, 0.6) is 0 Å². The number of aryl methyl sites for hydroxylation is 3. The molecule has 38 heavy (non-hydrogen) atoms. The van der Waals surface area contributed by atoms with Crippen molar-refractivity contribution in [3.05, 3.63) is 130 Å². The van der Waals surface area contributed by atoms with Crippen LogP contribution in [0.2, 0.25) is 0 Å². The van der Waals surface area contributed by atoms with E-state index in [0.29, 0.717) is 34.5 Å². The highest BCUT2D eigenvalue weighted by atomic mass is 16.4. The third-order valence-electron chi connectivity index (χ3n) is 7.18. The van der Waals surface area contributed by atoms with Gasteiger partial charge in [-0.1, -0.05) is 54.1 Å². The van der Waals surface area contributed by atoms with Crippen LogP contribution in [-0.2, 0) is 16.8 Å². The van der Waals surface area contributed by atoms with Crippen LogP contribution < -0.4 is 0 Å². The van der Waals surface area contributed by atoms with Crippen LogP contribution in [0.3, 0.4) is 0 Å². The van der Waals surface area contributed by atoms with Crippen LogP contribution in [0.4, 0.5) is 0 Å². The van der Waals surface area contributed by atoms with Crippen LogP contribution >= 0.6 is 0 Å². The van der Waals surface area contributed by atoms with Gasteiger partial charge in [0.05, 0.1) is 0 Å². The van der Waals surface area contributed by atoms with E-state index in [1.165, 1.54) is 16.7 Å². The van der Waals surface area contributed by atoms with E-state index in [9.17, 15) is 9.90 Å². The number of nitrogens with zero attached hydrogens (tertiary/aromatic N) is 2. The Hall–Kier alpha value is -4.09. The maximum atomic E-state index is 13.4. The highest BCUT2D eigenvalue weighted by Gasteiger charge is 2.30. The monoisotopic (exact) mass is 504 g/mol.